The Labute approximate surface area is 232 Å². The Bertz CT molecular complexity index is 1060. The predicted octanol–water partition coefficient (Wildman–Crippen LogP) is 4.69. The zero-order chi connectivity index (χ0) is 28.4. The summed E-state index contributed by atoms with van der Waals surface area (Å²) in [6.07, 6.45) is 2.51. The maximum Gasteiger partial charge on any atom is 0.323 e. The number of ether oxygens (including phenoxy) is 2. The van der Waals surface area contributed by atoms with Gasteiger partial charge in [-0.2, -0.15) is 0 Å². The van der Waals surface area contributed by atoms with Crippen LogP contribution in [-0.4, -0.2) is 85.5 Å². The molecule has 2 aromatic carbocycles. The van der Waals surface area contributed by atoms with E-state index in [0.29, 0.717) is 35.8 Å². The first-order valence-corrected chi connectivity index (χ1v) is 13.8. The van der Waals surface area contributed by atoms with E-state index >= 15 is 0 Å². The number of likely N-dealkylation sites (N-methyl/N-ethyl adjacent to an activating group) is 1. The molecule has 2 aromatic rings. The van der Waals surface area contributed by atoms with Crippen molar-refractivity contribution in [1.82, 2.24) is 9.80 Å². The smallest absolute Gasteiger partial charge is 0.323 e. The highest BCUT2D eigenvalue weighted by molar-refractivity contribution is 6.02. The van der Waals surface area contributed by atoms with E-state index in [-0.39, 0.29) is 30.6 Å². The summed E-state index contributed by atoms with van der Waals surface area (Å²) >= 11 is 0. The molecule has 0 fully saturated rings. The van der Waals surface area contributed by atoms with Gasteiger partial charge in [0.1, 0.15) is 5.75 Å². The minimum absolute atomic E-state index is 0.0227. The lowest BCUT2D eigenvalue weighted by Gasteiger charge is -2.35. The fourth-order valence-corrected chi connectivity index (χ4v) is 4.64. The molecule has 0 saturated carbocycles. The van der Waals surface area contributed by atoms with E-state index in [2.05, 4.69) is 22.5 Å². The van der Waals surface area contributed by atoms with E-state index in [1.165, 1.54) is 0 Å². The highest BCUT2D eigenvalue weighted by Crippen LogP contribution is 2.28. The first kappa shape index (κ1) is 30.4. The molecule has 0 bridgehead atoms. The second-order valence-corrected chi connectivity index (χ2v) is 10.7. The highest BCUT2D eigenvalue weighted by Gasteiger charge is 2.30. The first-order valence-electron chi connectivity index (χ1n) is 13.8. The Morgan fingerprint density at radius 3 is 2.51 bits per heavy atom. The third-order valence-electron chi connectivity index (χ3n) is 6.89. The van der Waals surface area contributed by atoms with Gasteiger partial charge in [-0.3, -0.25) is 4.79 Å². The number of para-hydroxylation sites is 1. The van der Waals surface area contributed by atoms with Crippen LogP contribution in [0, 0.1) is 5.92 Å². The van der Waals surface area contributed by atoms with Crippen LogP contribution < -0.4 is 15.4 Å². The molecule has 0 saturated heterocycles. The summed E-state index contributed by atoms with van der Waals surface area (Å²) in [5.41, 5.74) is 1.47. The predicted molar refractivity (Wildman–Crippen MR) is 155 cm³/mol. The number of carbonyl (C=O) groups excluding carboxylic acids is 2. The van der Waals surface area contributed by atoms with Crippen LogP contribution in [0.15, 0.2) is 48.5 Å². The largest absolute Gasteiger partial charge is 0.490 e. The van der Waals surface area contributed by atoms with E-state index in [1.54, 1.807) is 35.2 Å². The summed E-state index contributed by atoms with van der Waals surface area (Å²) in [7, 11) is 4.02. The van der Waals surface area contributed by atoms with Crippen molar-refractivity contribution >= 4 is 23.3 Å². The maximum absolute atomic E-state index is 14.1. The third-order valence-corrected chi connectivity index (χ3v) is 6.89. The lowest BCUT2D eigenvalue weighted by atomic mass is 10.0. The molecular formula is C30H44N4O5. The Balaban J connectivity index is 1.93. The van der Waals surface area contributed by atoms with Gasteiger partial charge in [-0.05, 0) is 77.5 Å². The van der Waals surface area contributed by atoms with Crippen molar-refractivity contribution in [1.29, 1.82) is 0 Å². The number of aliphatic hydroxyl groups is 1. The summed E-state index contributed by atoms with van der Waals surface area (Å²) in [6, 6.07) is 13.4. The average molecular weight is 541 g/mol. The molecule has 39 heavy (non-hydrogen) atoms. The van der Waals surface area contributed by atoms with Crippen LogP contribution in [0.5, 0.6) is 5.75 Å². The zero-order valence-electron chi connectivity index (χ0n) is 23.9. The number of nitrogens with one attached hydrogen (secondary N) is 2. The quantitative estimate of drug-likeness (QED) is 0.491. The number of amides is 3. The van der Waals surface area contributed by atoms with Gasteiger partial charge in [0.15, 0.2) is 0 Å². The van der Waals surface area contributed by atoms with Gasteiger partial charge in [-0.25, -0.2) is 4.79 Å². The van der Waals surface area contributed by atoms with Crippen LogP contribution in [0.1, 0.15) is 50.4 Å². The average Bonchev–Trinajstić information content (AvgIpc) is 2.90. The van der Waals surface area contributed by atoms with Crippen LogP contribution in [0.3, 0.4) is 0 Å². The lowest BCUT2D eigenvalue weighted by Crippen LogP contribution is -2.47. The molecule has 0 aromatic heterocycles. The molecule has 4 atom stereocenters. The zero-order valence-corrected chi connectivity index (χ0v) is 23.9. The van der Waals surface area contributed by atoms with E-state index in [4.69, 9.17) is 9.47 Å². The molecule has 0 aliphatic carbocycles. The van der Waals surface area contributed by atoms with Crippen molar-refractivity contribution in [3.63, 3.8) is 0 Å². The van der Waals surface area contributed by atoms with Crippen LogP contribution >= 0.6 is 0 Å². The molecule has 214 valence electrons. The molecule has 3 N–H and O–H groups in total. The first-order chi connectivity index (χ1) is 18.7. The minimum Gasteiger partial charge on any atom is -0.490 e. The van der Waals surface area contributed by atoms with Gasteiger partial charge in [0, 0.05) is 37.0 Å². The number of hydrogen-bond acceptors (Lipinski definition) is 6. The lowest BCUT2D eigenvalue weighted by molar-refractivity contribution is -0.0137. The molecule has 3 amide bonds. The second-order valence-electron chi connectivity index (χ2n) is 10.7. The van der Waals surface area contributed by atoms with Crippen molar-refractivity contribution in [3.8, 4) is 5.75 Å². The number of aliphatic hydroxyl groups excluding tert-OH is 1. The Morgan fingerprint density at radius 1 is 1.10 bits per heavy atom. The number of hydrogen-bond donors (Lipinski definition) is 3. The van der Waals surface area contributed by atoms with Gasteiger partial charge in [-0.15, -0.1) is 0 Å². The van der Waals surface area contributed by atoms with Crippen LogP contribution in [0.4, 0.5) is 16.2 Å². The molecule has 9 nitrogen and oxygen atoms in total. The number of urea groups is 1. The molecule has 0 spiro atoms. The Morgan fingerprint density at radius 2 is 1.82 bits per heavy atom. The summed E-state index contributed by atoms with van der Waals surface area (Å²) in [5, 5.41) is 15.7. The molecule has 9 heteroatoms. The number of carbonyl (C=O) groups is 2. The van der Waals surface area contributed by atoms with Gasteiger partial charge >= 0.3 is 6.03 Å². The monoisotopic (exact) mass is 540 g/mol. The van der Waals surface area contributed by atoms with E-state index in [9.17, 15) is 14.7 Å². The number of nitrogens with zero attached hydrogens (tertiary/aromatic N) is 2. The van der Waals surface area contributed by atoms with Crippen molar-refractivity contribution in [3.05, 3.63) is 54.1 Å². The van der Waals surface area contributed by atoms with Gasteiger partial charge in [0.05, 0.1) is 30.4 Å². The van der Waals surface area contributed by atoms with Crippen LogP contribution in [0.2, 0.25) is 0 Å². The number of benzene rings is 2. The van der Waals surface area contributed by atoms with Crippen molar-refractivity contribution < 1.29 is 24.2 Å². The summed E-state index contributed by atoms with van der Waals surface area (Å²) in [6.45, 7) is 7.50. The number of fused-ring (bicyclic) bond motifs is 1. The van der Waals surface area contributed by atoms with Crippen molar-refractivity contribution in [2.45, 2.75) is 58.3 Å². The fourth-order valence-electron chi connectivity index (χ4n) is 4.64. The van der Waals surface area contributed by atoms with Crippen molar-refractivity contribution in [2.75, 3.05) is 51.0 Å². The van der Waals surface area contributed by atoms with Gasteiger partial charge in [-0.1, -0.05) is 25.1 Å². The highest BCUT2D eigenvalue weighted by atomic mass is 16.5. The Kier molecular flexibility index (Phi) is 11.6. The number of rotatable bonds is 6. The van der Waals surface area contributed by atoms with Crippen LogP contribution in [0.25, 0.3) is 0 Å². The molecule has 0 unspecified atom stereocenters. The molecule has 1 heterocycles. The van der Waals surface area contributed by atoms with Crippen LogP contribution in [-0.2, 0) is 4.74 Å². The molecular weight excluding hydrogens is 496 g/mol. The maximum atomic E-state index is 14.1. The van der Waals surface area contributed by atoms with Crippen molar-refractivity contribution in [2.24, 2.45) is 5.92 Å². The van der Waals surface area contributed by atoms with Gasteiger partial charge in [0.2, 0.25) is 0 Å². The summed E-state index contributed by atoms with van der Waals surface area (Å²) < 4.78 is 12.5. The van der Waals surface area contributed by atoms with E-state index in [0.717, 1.165) is 25.8 Å². The molecule has 3 rings (SSSR count). The third kappa shape index (κ3) is 9.23. The molecule has 1 aliphatic heterocycles. The number of anilines is 2. The summed E-state index contributed by atoms with van der Waals surface area (Å²) in [4.78, 5) is 30.5. The Hall–Kier alpha value is -3.14. The second kappa shape index (κ2) is 14.9. The molecule has 1 aliphatic rings. The normalized spacial score (nSPS) is 21.9. The van der Waals surface area contributed by atoms with E-state index < -0.39 is 12.1 Å². The standard InChI is InChI=1S/C30H44N4O5/c1-21-18-34(22(2)20-35)29(36)26-17-25(32-30(37)31-24-12-7-6-8-13-24)14-15-27(26)39-23(3)11-9-10-16-38-28(21)19-33(4)5/h6-8,12-15,17,21-23,28,35H,9-11,16,18-20H2,1-5H3,(H2,31,32,37)/t21-,22-,23-,28+/m1/s1. The van der Waals surface area contributed by atoms with Gasteiger partial charge < -0.3 is 35.0 Å². The van der Waals surface area contributed by atoms with E-state index in [1.807, 2.05) is 46.1 Å². The topological polar surface area (TPSA) is 103 Å². The summed E-state index contributed by atoms with van der Waals surface area (Å²) in [5.74, 6) is 0.218. The molecule has 0 radical (unpaired) electrons. The SMILES string of the molecule is C[C@@H]1CCCCO[C@@H](CN(C)C)[C@H](C)CN([C@H](C)CO)C(=O)c2cc(NC(=O)Nc3ccccc3)ccc2O1. The van der Waals surface area contributed by atoms with Gasteiger partial charge in [0.25, 0.3) is 5.91 Å². The minimum atomic E-state index is -0.420. The fraction of sp³-hybridized carbons (Fsp3) is 0.533.